The van der Waals surface area contributed by atoms with Gasteiger partial charge in [0, 0.05) is 23.7 Å². The maximum atomic E-state index is 13.2. The van der Waals surface area contributed by atoms with E-state index in [9.17, 15) is 9.59 Å². The molecule has 0 radical (unpaired) electrons. The molecule has 0 bridgehead atoms. The lowest BCUT2D eigenvalue weighted by Crippen LogP contribution is -2.28. The van der Waals surface area contributed by atoms with Gasteiger partial charge in [0.25, 0.3) is 0 Å². The summed E-state index contributed by atoms with van der Waals surface area (Å²) >= 11 is 0. The average molecular weight is 471 g/mol. The number of nitrogens with one attached hydrogen (secondary N) is 2. The van der Waals surface area contributed by atoms with Crippen molar-refractivity contribution in [1.29, 1.82) is 5.41 Å². The first-order chi connectivity index (χ1) is 16.0. The van der Waals surface area contributed by atoms with Gasteiger partial charge >= 0.3 is 6.09 Å². The number of rotatable bonds is 8. The number of nitrogens with zero attached hydrogens (tertiary/aromatic N) is 4. The van der Waals surface area contributed by atoms with E-state index in [0.29, 0.717) is 29.1 Å². The van der Waals surface area contributed by atoms with Crippen molar-refractivity contribution in [2.45, 2.75) is 46.6 Å². The van der Waals surface area contributed by atoms with Crippen LogP contribution in [0.4, 0.5) is 4.79 Å². The average Bonchev–Trinajstić information content (AvgIpc) is 3.07. The van der Waals surface area contributed by atoms with Crippen LogP contribution in [0.1, 0.15) is 49.2 Å². The number of carbonyl (C=O) groups excluding carboxylic acids is 2. The van der Waals surface area contributed by atoms with E-state index in [-0.39, 0.29) is 42.5 Å². The SMILES string of the molecule is CCNC(=O)Oc1cc(C)c2nn(CC(=O)c3cc(OCCO)cc(C(C)(C)C)c3)c(=N)n2n1. The van der Waals surface area contributed by atoms with Crippen LogP contribution in [0.25, 0.3) is 5.65 Å². The highest BCUT2D eigenvalue weighted by atomic mass is 16.6. The summed E-state index contributed by atoms with van der Waals surface area (Å²) in [4.78, 5) is 24.9. The van der Waals surface area contributed by atoms with Gasteiger partial charge < -0.3 is 19.9 Å². The maximum absolute atomic E-state index is 13.2. The molecule has 3 aromatic rings. The predicted octanol–water partition coefficient (Wildman–Crippen LogP) is 1.98. The first kappa shape index (κ1) is 24.9. The summed E-state index contributed by atoms with van der Waals surface area (Å²) in [6, 6.07) is 6.82. The van der Waals surface area contributed by atoms with Crippen LogP contribution in [-0.4, -0.2) is 56.1 Å². The number of benzene rings is 1. The number of aliphatic hydroxyl groups excluding tert-OH is 1. The molecule has 1 aromatic carbocycles. The van der Waals surface area contributed by atoms with Gasteiger partial charge in [-0.3, -0.25) is 10.2 Å². The van der Waals surface area contributed by atoms with Gasteiger partial charge in [-0.15, -0.1) is 10.2 Å². The van der Waals surface area contributed by atoms with E-state index in [1.165, 1.54) is 9.20 Å². The van der Waals surface area contributed by atoms with Gasteiger partial charge in [0.15, 0.2) is 11.4 Å². The number of ether oxygens (including phenoxy) is 2. The smallest absolute Gasteiger partial charge is 0.413 e. The Morgan fingerprint density at radius 2 is 1.91 bits per heavy atom. The molecule has 3 N–H and O–H groups in total. The minimum atomic E-state index is -0.651. The molecule has 2 aromatic heterocycles. The van der Waals surface area contributed by atoms with E-state index in [4.69, 9.17) is 20.0 Å². The van der Waals surface area contributed by atoms with E-state index >= 15 is 0 Å². The number of fused-ring (bicyclic) bond motifs is 1. The molecule has 182 valence electrons. The molecule has 11 heteroatoms. The fraction of sp³-hybridized carbons (Fsp3) is 0.435. The van der Waals surface area contributed by atoms with Gasteiger partial charge in [-0.1, -0.05) is 20.8 Å². The van der Waals surface area contributed by atoms with Gasteiger partial charge in [0.2, 0.25) is 11.5 Å². The van der Waals surface area contributed by atoms with Crippen LogP contribution in [0.3, 0.4) is 0 Å². The molecule has 0 unspecified atom stereocenters. The van der Waals surface area contributed by atoms with Gasteiger partial charge in [0.05, 0.1) is 6.61 Å². The molecule has 0 aliphatic rings. The van der Waals surface area contributed by atoms with E-state index in [0.717, 1.165) is 5.56 Å². The second-order valence-corrected chi connectivity index (χ2v) is 8.79. The molecule has 0 atom stereocenters. The highest BCUT2D eigenvalue weighted by molar-refractivity contribution is 5.96. The third-order valence-corrected chi connectivity index (χ3v) is 5.02. The predicted molar refractivity (Wildman–Crippen MR) is 123 cm³/mol. The number of aryl methyl sites for hydroxylation is 1. The zero-order chi connectivity index (χ0) is 25.0. The standard InChI is InChI=1S/C23H30N6O5/c1-6-25-22(32)34-19-9-14(2)20-27-28(21(24)29(20)26-19)13-18(31)15-10-16(23(3,4)5)12-17(11-15)33-8-7-30/h9-12,24,30H,6-8,13H2,1-5H3,(H,25,32). The number of Topliss-reactive ketones (excluding diaryl/α,β-unsaturated/α-hetero) is 1. The molecule has 2 heterocycles. The van der Waals surface area contributed by atoms with Gasteiger partial charge in [-0.2, -0.15) is 4.52 Å². The quantitative estimate of drug-likeness (QED) is 0.427. The Bertz CT molecular complexity index is 1270. The lowest BCUT2D eigenvalue weighted by Gasteiger charge is -2.21. The molecule has 11 nitrogen and oxygen atoms in total. The van der Waals surface area contributed by atoms with Crippen LogP contribution in [0, 0.1) is 12.3 Å². The van der Waals surface area contributed by atoms with Crippen LogP contribution >= 0.6 is 0 Å². The molecule has 3 rings (SSSR count). The van der Waals surface area contributed by atoms with E-state index in [1.54, 1.807) is 32.0 Å². The molecular weight excluding hydrogens is 440 g/mol. The minimum Gasteiger partial charge on any atom is -0.491 e. The van der Waals surface area contributed by atoms with Gasteiger partial charge in [0.1, 0.15) is 18.9 Å². The number of carbonyl (C=O) groups is 2. The van der Waals surface area contributed by atoms with Crippen LogP contribution in [0.5, 0.6) is 11.6 Å². The van der Waals surface area contributed by atoms with Crippen molar-refractivity contribution in [2.24, 2.45) is 0 Å². The van der Waals surface area contributed by atoms with Crippen LogP contribution < -0.4 is 20.4 Å². The molecule has 0 spiro atoms. The van der Waals surface area contributed by atoms with Crippen LogP contribution in [0.2, 0.25) is 0 Å². The Balaban J connectivity index is 1.94. The number of hydrogen-bond donors (Lipinski definition) is 3. The first-order valence-corrected chi connectivity index (χ1v) is 10.9. The highest BCUT2D eigenvalue weighted by Gasteiger charge is 2.20. The normalized spacial score (nSPS) is 11.5. The number of hydrogen-bond acceptors (Lipinski definition) is 8. The molecule has 0 aliphatic heterocycles. The van der Waals surface area contributed by atoms with Crippen molar-refractivity contribution < 1.29 is 24.2 Å². The second kappa shape index (κ2) is 10.0. The van der Waals surface area contributed by atoms with Crippen molar-refractivity contribution in [3.8, 4) is 11.6 Å². The van der Waals surface area contributed by atoms with Crippen molar-refractivity contribution in [2.75, 3.05) is 19.8 Å². The summed E-state index contributed by atoms with van der Waals surface area (Å²) in [5.74, 6) is 0.239. The minimum absolute atomic E-state index is 0.0175. The topological polar surface area (TPSA) is 144 Å². The third-order valence-electron chi connectivity index (χ3n) is 5.02. The molecule has 0 fully saturated rings. The van der Waals surface area contributed by atoms with Crippen molar-refractivity contribution in [3.05, 3.63) is 46.6 Å². The molecule has 0 aliphatic carbocycles. The van der Waals surface area contributed by atoms with E-state index in [1.807, 2.05) is 26.8 Å². The fourth-order valence-corrected chi connectivity index (χ4v) is 3.23. The Morgan fingerprint density at radius 1 is 1.18 bits per heavy atom. The Hall–Kier alpha value is -3.73. The molecular formula is C23H30N6O5. The van der Waals surface area contributed by atoms with Crippen LogP contribution in [-0.2, 0) is 12.0 Å². The van der Waals surface area contributed by atoms with Crippen molar-refractivity contribution in [3.63, 3.8) is 0 Å². The summed E-state index contributed by atoms with van der Waals surface area (Å²) in [6.45, 7) is 9.78. The van der Waals surface area contributed by atoms with Crippen molar-refractivity contribution in [1.82, 2.24) is 24.7 Å². The largest absolute Gasteiger partial charge is 0.491 e. The second-order valence-electron chi connectivity index (χ2n) is 8.79. The monoisotopic (exact) mass is 470 g/mol. The highest BCUT2D eigenvalue weighted by Crippen LogP contribution is 2.28. The van der Waals surface area contributed by atoms with E-state index < -0.39 is 6.09 Å². The number of amides is 1. The van der Waals surface area contributed by atoms with Crippen molar-refractivity contribution >= 4 is 17.5 Å². The Labute approximate surface area is 196 Å². The number of aliphatic hydroxyl groups is 1. The summed E-state index contributed by atoms with van der Waals surface area (Å²) in [5, 5.41) is 28.6. The summed E-state index contributed by atoms with van der Waals surface area (Å²) in [7, 11) is 0. The van der Waals surface area contributed by atoms with Crippen LogP contribution in [0.15, 0.2) is 24.3 Å². The summed E-state index contributed by atoms with van der Waals surface area (Å²) in [6.07, 6.45) is -0.651. The number of ketones is 1. The first-order valence-electron chi connectivity index (χ1n) is 10.9. The molecule has 0 saturated heterocycles. The molecule has 1 amide bonds. The zero-order valence-electron chi connectivity index (χ0n) is 20.0. The lowest BCUT2D eigenvalue weighted by atomic mass is 9.85. The Kier molecular flexibility index (Phi) is 7.35. The molecule has 0 saturated carbocycles. The summed E-state index contributed by atoms with van der Waals surface area (Å²) in [5.41, 5.74) is 1.94. The Morgan fingerprint density at radius 3 is 2.56 bits per heavy atom. The van der Waals surface area contributed by atoms with Gasteiger partial charge in [-0.25, -0.2) is 9.48 Å². The lowest BCUT2D eigenvalue weighted by molar-refractivity contribution is 0.0965. The van der Waals surface area contributed by atoms with Gasteiger partial charge in [-0.05, 0) is 43.0 Å². The fourth-order valence-electron chi connectivity index (χ4n) is 3.23. The third kappa shape index (κ3) is 5.60. The summed E-state index contributed by atoms with van der Waals surface area (Å²) < 4.78 is 13.2. The molecule has 34 heavy (non-hydrogen) atoms. The van der Waals surface area contributed by atoms with E-state index in [2.05, 4.69) is 15.5 Å². The number of aromatic nitrogens is 4. The zero-order valence-corrected chi connectivity index (χ0v) is 20.0. The maximum Gasteiger partial charge on any atom is 0.413 e.